The van der Waals surface area contributed by atoms with Gasteiger partial charge in [-0.15, -0.1) is 0 Å². The van der Waals surface area contributed by atoms with Crippen molar-refractivity contribution in [1.82, 2.24) is 5.32 Å². The maximum Gasteiger partial charge on any atom is 0.261 e. The number of hydrogen-bond donors (Lipinski definition) is 1. The molecule has 0 radical (unpaired) electrons. The second-order valence-electron chi connectivity index (χ2n) is 5.47. The largest absolute Gasteiger partial charge is 0.494 e. The van der Waals surface area contributed by atoms with E-state index in [9.17, 15) is 4.79 Å². The van der Waals surface area contributed by atoms with Gasteiger partial charge in [-0.1, -0.05) is 23.7 Å². The van der Waals surface area contributed by atoms with Gasteiger partial charge in [0.2, 0.25) is 0 Å². The number of nitrogens with one attached hydrogen (secondary N) is 1. The number of carbonyl (C=O) groups excluding carboxylic acids is 1. The molecule has 2 aromatic rings. The molecule has 4 nitrogen and oxygen atoms in total. The first-order chi connectivity index (χ1) is 11.5. The summed E-state index contributed by atoms with van der Waals surface area (Å²) in [7, 11) is 0. The predicted octanol–water partition coefficient (Wildman–Crippen LogP) is 4.13. The molecule has 1 unspecified atom stereocenters. The maximum atomic E-state index is 12.2. The summed E-state index contributed by atoms with van der Waals surface area (Å²) in [6.45, 7) is 6.63. The van der Waals surface area contributed by atoms with Crippen molar-refractivity contribution in [3.05, 3.63) is 58.6 Å². The molecule has 1 atom stereocenters. The molecule has 0 spiro atoms. The smallest absolute Gasteiger partial charge is 0.261 e. The molecule has 0 aliphatic heterocycles. The average Bonchev–Trinajstić information content (AvgIpc) is 2.57. The molecule has 24 heavy (non-hydrogen) atoms. The lowest BCUT2D eigenvalue weighted by molar-refractivity contribution is -0.127. The third kappa shape index (κ3) is 5.17. The molecule has 0 saturated heterocycles. The first kappa shape index (κ1) is 18.1. The molecule has 1 amide bonds. The summed E-state index contributed by atoms with van der Waals surface area (Å²) in [5, 5.41) is 3.54. The first-order valence-corrected chi connectivity index (χ1v) is 8.29. The number of benzene rings is 2. The third-order valence-electron chi connectivity index (χ3n) is 3.51. The summed E-state index contributed by atoms with van der Waals surface area (Å²) in [5.41, 5.74) is 1.91. The highest BCUT2D eigenvalue weighted by Gasteiger charge is 2.14. The van der Waals surface area contributed by atoms with Crippen LogP contribution in [-0.4, -0.2) is 18.6 Å². The fourth-order valence-electron chi connectivity index (χ4n) is 2.15. The molecular formula is C19H22ClNO3. The summed E-state index contributed by atoms with van der Waals surface area (Å²) in [4.78, 5) is 12.2. The quantitative estimate of drug-likeness (QED) is 0.819. The van der Waals surface area contributed by atoms with Gasteiger partial charge in [-0.05, 0) is 62.2 Å². The van der Waals surface area contributed by atoms with Gasteiger partial charge in [0.15, 0.2) is 6.10 Å². The Labute approximate surface area is 147 Å². The number of rotatable bonds is 7. The van der Waals surface area contributed by atoms with Gasteiger partial charge < -0.3 is 14.8 Å². The Morgan fingerprint density at radius 1 is 1.17 bits per heavy atom. The molecule has 0 aromatic heterocycles. The van der Waals surface area contributed by atoms with Crippen molar-refractivity contribution in [2.45, 2.75) is 33.4 Å². The zero-order valence-corrected chi connectivity index (χ0v) is 14.9. The summed E-state index contributed by atoms with van der Waals surface area (Å²) in [6, 6.07) is 13.0. The van der Waals surface area contributed by atoms with Crippen LogP contribution in [0.2, 0.25) is 5.02 Å². The van der Waals surface area contributed by atoms with E-state index in [0.29, 0.717) is 23.9 Å². The van der Waals surface area contributed by atoms with Gasteiger partial charge in [-0.25, -0.2) is 0 Å². The second-order valence-corrected chi connectivity index (χ2v) is 5.87. The van der Waals surface area contributed by atoms with Gasteiger partial charge in [-0.3, -0.25) is 4.79 Å². The van der Waals surface area contributed by atoms with Crippen molar-refractivity contribution in [2.24, 2.45) is 0 Å². The van der Waals surface area contributed by atoms with Crippen LogP contribution in [0.15, 0.2) is 42.5 Å². The maximum absolute atomic E-state index is 12.2. The van der Waals surface area contributed by atoms with E-state index < -0.39 is 6.10 Å². The van der Waals surface area contributed by atoms with E-state index in [1.807, 2.05) is 44.2 Å². The average molecular weight is 348 g/mol. The number of amides is 1. The Balaban J connectivity index is 1.85. The number of carbonyl (C=O) groups is 1. The minimum Gasteiger partial charge on any atom is -0.494 e. The lowest BCUT2D eigenvalue weighted by Crippen LogP contribution is -2.35. The molecule has 128 valence electrons. The summed E-state index contributed by atoms with van der Waals surface area (Å²) < 4.78 is 11.1. The third-order valence-corrected chi connectivity index (χ3v) is 3.94. The molecule has 2 aromatic carbocycles. The van der Waals surface area contributed by atoms with Crippen LogP contribution in [0.4, 0.5) is 0 Å². The Morgan fingerprint density at radius 2 is 1.83 bits per heavy atom. The van der Waals surface area contributed by atoms with E-state index in [-0.39, 0.29) is 5.91 Å². The van der Waals surface area contributed by atoms with E-state index in [1.165, 1.54) is 0 Å². The van der Waals surface area contributed by atoms with E-state index in [0.717, 1.165) is 16.9 Å². The number of ether oxygens (including phenoxy) is 2. The lowest BCUT2D eigenvalue weighted by Gasteiger charge is -2.15. The van der Waals surface area contributed by atoms with E-state index in [1.54, 1.807) is 19.1 Å². The van der Waals surface area contributed by atoms with Crippen LogP contribution < -0.4 is 14.8 Å². The van der Waals surface area contributed by atoms with Gasteiger partial charge in [-0.2, -0.15) is 0 Å². The van der Waals surface area contributed by atoms with Gasteiger partial charge in [0.05, 0.1) is 6.61 Å². The normalized spacial score (nSPS) is 11.7. The van der Waals surface area contributed by atoms with Crippen molar-refractivity contribution in [3.63, 3.8) is 0 Å². The number of aryl methyl sites for hydroxylation is 1. The molecule has 5 heteroatoms. The Bertz CT molecular complexity index is 686. The highest BCUT2D eigenvalue weighted by molar-refractivity contribution is 6.31. The van der Waals surface area contributed by atoms with Crippen molar-refractivity contribution < 1.29 is 14.3 Å². The zero-order chi connectivity index (χ0) is 17.5. The van der Waals surface area contributed by atoms with Crippen LogP contribution in [0.3, 0.4) is 0 Å². The fourth-order valence-corrected chi connectivity index (χ4v) is 2.27. The molecule has 0 aliphatic rings. The van der Waals surface area contributed by atoms with Gasteiger partial charge in [0.25, 0.3) is 5.91 Å². The van der Waals surface area contributed by atoms with E-state index in [2.05, 4.69) is 5.32 Å². The lowest BCUT2D eigenvalue weighted by atomic mass is 10.2. The van der Waals surface area contributed by atoms with Crippen molar-refractivity contribution in [1.29, 1.82) is 0 Å². The summed E-state index contributed by atoms with van der Waals surface area (Å²) in [6.07, 6.45) is -0.590. The highest BCUT2D eigenvalue weighted by atomic mass is 35.5. The van der Waals surface area contributed by atoms with Crippen LogP contribution in [0.5, 0.6) is 11.5 Å². The van der Waals surface area contributed by atoms with Crippen molar-refractivity contribution >= 4 is 17.5 Å². The Kier molecular flexibility index (Phi) is 6.50. The molecule has 1 N–H and O–H groups in total. The SMILES string of the molecule is CCOc1ccc(CNC(=O)C(C)Oc2ccc(Cl)c(C)c2)cc1. The number of hydrogen-bond acceptors (Lipinski definition) is 3. The second kappa shape index (κ2) is 8.60. The highest BCUT2D eigenvalue weighted by Crippen LogP contribution is 2.22. The summed E-state index contributed by atoms with van der Waals surface area (Å²) >= 11 is 5.98. The van der Waals surface area contributed by atoms with Crippen LogP contribution in [0.1, 0.15) is 25.0 Å². The van der Waals surface area contributed by atoms with E-state index >= 15 is 0 Å². The zero-order valence-electron chi connectivity index (χ0n) is 14.1. The molecule has 0 bridgehead atoms. The molecular weight excluding hydrogens is 326 g/mol. The Morgan fingerprint density at radius 3 is 2.46 bits per heavy atom. The molecule has 2 rings (SSSR count). The van der Waals surface area contributed by atoms with Crippen LogP contribution in [0, 0.1) is 6.92 Å². The molecule has 0 aliphatic carbocycles. The first-order valence-electron chi connectivity index (χ1n) is 7.92. The number of halogens is 1. The van der Waals surface area contributed by atoms with Crippen molar-refractivity contribution in [2.75, 3.05) is 6.61 Å². The monoisotopic (exact) mass is 347 g/mol. The van der Waals surface area contributed by atoms with Gasteiger partial charge >= 0.3 is 0 Å². The minimum atomic E-state index is -0.590. The van der Waals surface area contributed by atoms with Crippen LogP contribution in [-0.2, 0) is 11.3 Å². The summed E-state index contributed by atoms with van der Waals surface area (Å²) in [5.74, 6) is 1.28. The topological polar surface area (TPSA) is 47.6 Å². The molecule has 0 heterocycles. The minimum absolute atomic E-state index is 0.170. The van der Waals surface area contributed by atoms with Gasteiger partial charge in [0.1, 0.15) is 11.5 Å². The van der Waals surface area contributed by atoms with E-state index in [4.69, 9.17) is 21.1 Å². The standard InChI is InChI=1S/C19H22ClNO3/c1-4-23-16-7-5-15(6-8-16)12-21-19(22)14(3)24-17-9-10-18(20)13(2)11-17/h5-11,14H,4,12H2,1-3H3,(H,21,22). The Hall–Kier alpha value is -2.20. The predicted molar refractivity (Wildman–Crippen MR) is 95.7 cm³/mol. The van der Waals surface area contributed by atoms with Crippen molar-refractivity contribution in [3.8, 4) is 11.5 Å². The molecule has 0 saturated carbocycles. The molecule has 0 fully saturated rings. The fraction of sp³-hybridized carbons (Fsp3) is 0.316. The van der Waals surface area contributed by atoms with Crippen LogP contribution >= 0.6 is 11.6 Å². The van der Waals surface area contributed by atoms with Crippen LogP contribution in [0.25, 0.3) is 0 Å². The van der Waals surface area contributed by atoms with Gasteiger partial charge in [0, 0.05) is 11.6 Å².